The first-order valence-electron chi connectivity index (χ1n) is 3.76. The SMILES string of the molecule is CC(=O)Nc1c[c]cc(C(=O)O)c1O. The summed E-state index contributed by atoms with van der Waals surface area (Å²) in [6.45, 7) is 1.26. The van der Waals surface area contributed by atoms with Crippen LogP contribution in [0.15, 0.2) is 12.1 Å². The van der Waals surface area contributed by atoms with E-state index >= 15 is 0 Å². The monoisotopic (exact) mass is 194 g/mol. The summed E-state index contributed by atoms with van der Waals surface area (Å²) in [5, 5.41) is 20.3. The Labute approximate surface area is 80.0 Å². The summed E-state index contributed by atoms with van der Waals surface area (Å²) in [5.41, 5.74) is -0.256. The molecule has 0 saturated heterocycles. The first-order valence-corrected chi connectivity index (χ1v) is 3.76. The van der Waals surface area contributed by atoms with Crippen molar-refractivity contribution >= 4 is 17.6 Å². The number of phenols is 1. The molecule has 1 aromatic carbocycles. The van der Waals surface area contributed by atoms with E-state index in [1.807, 2.05) is 0 Å². The van der Waals surface area contributed by atoms with Gasteiger partial charge in [0.1, 0.15) is 5.56 Å². The number of aromatic hydroxyl groups is 1. The molecular formula is C9H8NO4. The zero-order valence-electron chi connectivity index (χ0n) is 7.37. The third-order valence-corrected chi connectivity index (χ3v) is 1.51. The van der Waals surface area contributed by atoms with E-state index in [0.29, 0.717) is 0 Å². The highest BCUT2D eigenvalue weighted by Gasteiger charge is 2.13. The Morgan fingerprint density at radius 2 is 2.07 bits per heavy atom. The number of amides is 1. The van der Waals surface area contributed by atoms with E-state index in [4.69, 9.17) is 5.11 Å². The molecule has 1 radical (unpaired) electrons. The predicted octanol–water partition coefficient (Wildman–Crippen LogP) is 0.849. The average molecular weight is 194 g/mol. The van der Waals surface area contributed by atoms with Crippen molar-refractivity contribution in [2.45, 2.75) is 6.92 Å². The van der Waals surface area contributed by atoms with Crippen molar-refractivity contribution in [3.8, 4) is 5.75 Å². The summed E-state index contributed by atoms with van der Waals surface area (Å²) in [4.78, 5) is 21.2. The number of carbonyl (C=O) groups is 2. The molecule has 0 aliphatic rings. The molecule has 0 aliphatic heterocycles. The Balaban J connectivity index is 3.13. The van der Waals surface area contributed by atoms with Gasteiger partial charge in [0.2, 0.25) is 5.91 Å². The summed E-state index contributed by atoms with van der Waals surface area (Å²) in [7, 11) is 0. The van der Waals surface area contributed by atoms with Crippen LogP contribution < -0.4 is 5.32 Å². The smallest absolute Gasteiger partial charge is 0.339 e. The third kappa shape index (κ3) is 2.01. The van der Waals surface area contributed by atoms with E-state index in [1.54, 1.807) is 0 Å². The number of hydrogen-bond acceptors (Lipinski definition) is 3. The molecule has 0 atom stereocenters. The molecule has 5 nitrogen and oxygen atoms in total. The van der Waals surface area contributed by atoms with Crippen molar-refractivity contribution in [3.63, 3.8) is 0 Å². The van der Waals surface area contributed by atoms with Crippen LogP contribution >= 0.6 is 0 Å². The van der Waals surface area contributed by atoms with Crippen LogP contribution in [0.1, 0.15) is 17.3 Å². The number of aromatic carboxylic acids is 1. The van der Waals surface area contributed by atoms with Crippen molar-refractivity contribution in [1.82, 2.24) is 0 Å². The minimum absolute atomic E-state index is 0.0393. The lowest BCUT2D eigenvalue weighted by atomic mass is 10.1. The van der Waals surface area contributed by atoms with Crippen molar-refractivity contribution < 1.29 is 19.8 Å². The highest BCUT2D eigenvalue weighted by Crippen LogP contribution is 2.26. The van der Waals surface area contributed by atoms with Gasteiger partial charge in [-0.05, 0) is 18.2 Å². The second-order valence-corrected chi connectivity index (χ2v) is 2.62. The third-order valence-electron chi connectivity index (χ3n) is 1.51. The number of nitrogens with one attached hydrogen (secondary N) is 1. The van der Waals surface area contributed by atoms with Crippen molar-refractivity contribution in [2.75, 3.05) is 5.32 Å². The van der Waals surface area contributed by atoms with Crippen LogP contribution in [0.3, 0.4) is 0 Å². The minimum Gasteiger partial charge on any atom is -0.505 e. The van der Waals surface area contributed by atoms with Gasteiger partial charge in [0, 0.05) is 6.92 Å². The molecule has 73 valence electrons. The van der Waals surface area contributed by atoms with Crippen LogP contribution in [0.2, 0.25) is 0 Å². The second-order valence-electron chi connectivity index (χ2n) is 2.62. The fraction of sp³-hybridized carbons (Fsp3) is 0.111. The molecule has 0 saturated carbocycles. The van der Waals surface area contributed by atoms with Crippen molar-refractivity contribution in [3.05, 3.63) is 23.8 Å². The van der Waals surface area contributed by atoms with Crippen LogP contribution in [0, 0.1) is 6.07 Å². The number of carboxylic acids is 1. The number of rotatable bonds is 2. The highest BCUT2D eigenvalue weighted by atomic mass is 16.4. The second kappa shape index (κ2) is 3.78. The normalized spacial score (nSPS) is 9.50. The molecule has 0 unspecified atom stereocenters. The highest BCUT2D eigenvalue weighted by molar-refractivity contribution is 5.96. The topological polar surface area (TPSA) is 86.6 Å². The van der Waals surface area contributed by atoms with Crippen LogP contribution in [0.4, 0.5) is 5.69 Å². The lowest BCUT2D eigenvalue weighted by Gasteiger charge is -2.06. The lowest BCUT2D eigenvalue weighted by molar-refractivity contribution is -0.114. The zero-order chi connectivity index (χ0) is 10.7. The molecule has 0 fully saturated rings. The van der Waals surface area contributed by atoms with E-state index < -0.39 is 17.6 Å². The maximum absolute atomic E-state index is 10.7. The summed E-state index contributed by atoms with van der Waals surface area (Å²) < 4.78 is 0. The van der Waals surface area contributed by atoms with Gasteiger partial charge in [-0.3, -0.25) is 4.79 Å². The Morgan fingerprint density at radius 1 is 1.43 bits per heavy atom. The fourth-order valence-electron chi connectivity index (χ4n) is 0.938. The van der Waals surface area contributed by atoms with Gasteiger partial charge < -0.3 is 15.5 Å². The van der Waals surface area contributed by atoms with E-state index in [2.05, 4.69) is 11.4 Å². The van der Waals surface area contributed by atoms with Crippen LogP contribution in [0.25, 0.3) is 0 Å². The van der Waals surface area contributed by atoms with E-state index in [9.17, 15) is 14.7 Å². The number of carboxylic acid groups (broad SMARTS) is 1. The van der Waals surface area contributed by atoms with Gasteiger partial charge in [0.05, 0.1) is 5.69 Å². The molecule has 3 N–H and O–H groups in total. The van der Waals surface area contributed by atoms with E-state index in [1.165, 1.54) is 13.0 Å². The van der Waals surface area contributed by atoms with Crippen molar-refractivity contribution in [2.24, 2.45) is 0 Å². The molecule has 1 amide bonds. The number of benzene rings is 1. The summed E-state index contributed by atoms with van der Waals surface area (Å²) in [5.74, 6) is -2.13. The maximum atomic E-state index is 10.7. The van der Waals surface area contributed by atoms with Gasteiger partial charge >= 0.3 is 5.97 Å². The van der Waals surface area contributed by atoms with Gasteiger partial charge in [-0.1, -0.05) is 0 Å². The number of carbonyl (C=O) groups excluding carboxylic acids is 1. The molecule has 0 spiro atoms. The summed E-state index contributed by atoms with van der Waals surface area (Å²) in [6, 6.07) is 4.92. The van der Waals surface area contributed by atoms with Gasteiger partial charge in [0.15, 0.2) is 5.75 Å². The number of anilines is 1. The maximum Gasteiger partial charge on any atom is 0.339 e. The molecule has 5 heteroatoms. The van der Waals surface area contributed by atoms with Crippen LogP contribution in [0.5, 0.6) is 5.75 Å². The Morgan fingerprint density at radius 3 is 2.57 bits per heavy atom. The summed E-state index contributed by atoms with van der Waals surface area (Å²) in [6.07, 6.45) is 0. The number of hydrogen-bond donors (Lipinski definition) is 3. The van der Waals surface area contributed by atoms with E-state index in [0.717, 1.165) is 6.07 Å². The van der Waals surface area contributed by atoms with Gasteiger partial charge in [0.25, 0.3) is 0 Å². The minimum atomic E-state index is -1.27. The molecular weight excluding hydrogens is 186 g/mol. The molecule has 1 aromatic rings. The standard InChI is InChI=1S/C9H8NO4/c1-5(11)10-7-4-2-3-6(8(7)12)9(13)14/h3-4,12H,1H3,(H,10,11)(H,13,14). The molecule has 14 heavy (non-hydrogen) atoms. The van der Waals surface area contributed by atoms with E-state index in [-0.39, 0.29) is 11.3 Å². The average Bonchev–Trinajstić information content (AvgIpc) is 2.07. The summed E-state index contributed by atoms with van der Waals surface area (Å²) >= 11 is 0. The van der Waals surface area contributed by atoms with Crippen LogP contribution in [-0.4, -0.2) is 22.1 Å². The first kappa shape index (κ1) is 10.0. The molecule has 1 rings (SSSR count). The Hall–Kier alpha value is -2.04. The van der Waals surface area contributed by atoms with Gasteiger partial charge in [-0.25, -0.2) is 4.79 Å². The Bertz CT molecular complexity index is 386. The molecule has 0 heterocycles. The van der Waals surface area contributed by atoms with Crippen molar-refractivity contribution in [1.29, 1.82) is 0 Å². The molecule has 0 aliphatic carbocycles. The predicted molar refractivity (Wildman–Crippen MR) is 48.2 cm³/mol. The lowest BCUT2D eigenvalue weighted by Crippen LogP contribution is -2.07. The zero-order valence-corrected chi connectivity index (χ0v) is 7.37. The quantitative estimate of drug-likeness (QED) is 0.609. The largest absolute Gasteiger partial charge is 0.505 e. The first-order chi connectivity index (χ1) is 6.52. The molecule has 0 aromatic heterocycles. The van der Waals surface area contributed by atoms with Crippen LogP contribution in [-0.2, 0) is 4.79 Å². The van der Waals surface area contributed by atoms with Gasteiger partial charge in [-0.15, -0.1) is 0 Å². The Kier molecular flexibility index (Phi) is 2.71. The molecule has 0 bridgehead atoms. The van der Waals surface area contributed by atoms with Gasteiger partial charge in [-0.2, -0.15) is 0 Å². The fourth-order valence-corrected chi connectivity index (χ4v) is 0.938.